The van der Waals surface area contributed by atoms with Crippen LogP contribution >= 0.6 is 0 Å². The molecule has 1 heterocycles. The van der Waals surface area contributed by atoms with Gasteiger partial charge in [-0.3, -0.25) is 14.6 Å². The topological polar surface area (TPSA) is 130 Å². The molecule has 0 saturated carbocycles. The van der Waals surface area contributed by atoms with E-state index in [0.717, 1.165) is 16.9 Å². The number of hydrogen-bond donors (Lipinski definition) is 4. The lowest BCUT2D eigenvalue weighted by molar-refractivity contribution is 0.0947. The summed E-state index contributed by atoms with van der Waals surface area (Å²) in [5.41, 5.74) is 5.42. The number of carbonyl (C=O) groups is 1. The van der Waals surface area contributed by atoms with Crippen LogP contribution in [0.5, 0.6) is 5.75 Å². The fourth-order valence-electron chi connectivity index (χ4n) is 2.67. The van der Waals surface area contributed by atoms with Crippen LogP contribution in [0.25, 0.3) is 11.1 Å². The predicted octanol–water partition coefficient (Wildman–Crippen LogP) is 1.51. The van der Waals surface area contributed by atoms with Crippen molar-refractivity contribution < 1.29 is 9.53 Å². The molecule has 8 nitrogen and oxygen atoms in total. The van der Waals surface area contributed by atoms with E-state index < -0.39 is 17.2 Å². The smallest absolute Gasteiger partial charge is 0.326 e. The van der Waals surface area contributed by atoms with Crippen LogP contribution in [0.15, 0.2) is 64.2 Å². The molecule has 0 aliphatic heterocycles. The Morgan fingerprint density at radius 2 is 1.71 bits per heavy atom. The molecule has 8 heteroatoms. The molecule has 0 atom stereocenters. The molecule has 5 N–H and O–H groups in total. The first-order chi connectivity index (χ1) is 13.6. The molecule has 0 unspecified atom stereocenters. The highest BCUT2D eigenvalue weighted by Crippen LogP contribution is 2.29. The van der Waals surface area contributed by atoms with Crippen molar-refractivity contribution in [2.75, 3.05) is 18.9 Å². The third-order valence-electron chi connectivity index (χ3n) is 4.04. The van der Waals surface area contributed by atoms with Crippen molar-refractivity contribution in [2.24, 2.45) is 0 Å². The van der Waals surface area contributed by atoms with E-state index in [9.17, 15) is 14.4 Å². The summed E-state index contributed by atoms with van der Waals surface area (Å²) in [6.45, 7) is 0.673. The minimum atomic E-state index is -0.797. The summed E-state index contributed by atoms with van der Waals surface area (Å²) in [5, 5.41) is 2.60. The molecular formula is C20H20N4O4. The van der Waals surface area contributed by atoms with Gasteiger partial charge in [-0.1, -0.05) is 48.5 Å². The minimum absolute atomic E-state index is 0.246. The van der Waals surface area contributed by atoms with Crippen molar-refractivity contribution in [3.63, 3.8) is 0 Å². The predicted molar refractivity (Wildman–Crippen MR) is 106 cm³/mol. The van der Waals surface area contributed by atoms with Crippen LogP contribution in [-0.4, -0.2) is 29.0 Å². The zero-order valence-electron chi connectivity index (χ0n) is 15.0. The number of anilines is 1. The van der Waals surface area contributed by atoms with E-state index in [1.54, 1.807) is 0 Å². The van der Waals surface area contributed by atoms with Gasteiger partial charge in [-0.05, 0) is 18.1 Å². The van der Waals surface area contributed by atoms with Gasteiger partial charge < -0.3 is 20.8 Å². The Morgan fingerprint density at radius 1 is 1.00 bits per heavy atom. The van der Waals surface area contributed by atoms with Crippen LogP contribution in [0.1, 0.15) is 16.9 Å². The molecule has 28 heavy (non-hydrogen) atoms. The average Bonchev–Trinajstić information content (AvgIpc) is 2.71. The van der Waals surface area contributed by atoms with E-state index in [2.05, 4.69) is 10.3 Å². The number of rotatable bonds is 7. The van der Waals surface area contributed by atoms with Crippen molar-refractivity contribution in [1.82, 2.24) is 15.3 Å². The van der Waals surface area contributed by atoms with Gasteiger partial charge in [0.1, 0.15) is 17.1 Å². The van der Waals surface area contributed by atoms with Gasteiger partial charge >= 0.3 is 5.69 Å². The molecule has 0 bridgehead atoms. The van der Waals surface area contributed by atoms with Crippen LogP contribution in [0.4, 0.5) is 5.69 Å². The van der Waals surface area contributed by atoms with Crippen molar-refractivity contribution in [2.45, 2.75) is 6.42 Å². The lowest BCUT2D eigenvalue weighted by Crippen LogP contribution is -2.34. The largest absolute Gasteiger partial charge is 0.493 e. The fourth-order valence-corrected chi connectivity index (χ4v) is 2.67. The molecule has 2 aromatic carbocycles. The maximum atomic E-state index is 12.1. The number of aromatic amines is 2. The van der Waals surface area contributed by atoms with Gasteiger partial charge in [-0.25, -0.2) is 4.79 Å². The van der Waals surface area contributed by atoms with Crippen molar-refractivity contribution >= 4 is 11.6 Å². The number of ether oxygens (including phenoxy) is 1. The van der Waals surface area contributed by atoms with E-state index in [-0.39, 0.29) is 11.4 Å². The van der Waals surface area contributed by atoms with Gasteiger partial charge in [0.05, 0.1) is 6.61 Å². The van der Waals surface area contributed by atoms with E-state index in [1.165, 1.54) is 0 Å². The Hall–Kier alpha value is -3.81. The quantitative estimate of drug-likeness (QED) is 0.462. The number of H-pyrrole nitrogens is 2. The van der Waals surface area contributed by atoms with Crippen molar-refractivity contribution in [3.05, 3.63) is 81.1 Å². The Labute approximate surface area is 160 Å². The zero-order valence-corrected chi connectivity index (χ0v) is 15.0. The maximum Gasteiger partial charge on any atom is 0.326 e. The van der Waals surface area contributed by atoms with Gasteiger partial charge in [-0.2, -0.15) is 0 Å². The summed E-state index contributed by atoms with van der Waals surface area (Å²) in [4.78, 5) is 39.0. The molecule has 0 spiro atoms. The standard InChI is InChI=1S/C20H20N4O4/c21-16-17(23-20(27)24-18(16)25)19(26)22-11-6-12-28-15-10-5-4-9-14(15)13-7-2-1-3-8-13/h1-5,7-10H,6,11-12,21H2,(H,22,26)(H2,23,24,25,27). The molecule has 1 aromatic heterocycles. The maximum absolute atomic E-state index is 12.1. The second-order valence-corrected chi connectivity index (χ2v) is 6.02. The first-order valence-electron chi connectivity index (χ1n) is 8.74. The molecular weight excluding hydrogens is 360 g/mol. The second-order valence-electron chi connectivity index (χ2n) is 6.02. The van der Waals surface area contributed by atoms with E-state index in [4.69, 9.17) is 10.5 Å². The lowest BCUT2D eigenvalue weighted by Gasteiger charge is -2.12. The summed E-state index contributed by atoms with van der Waals surface area (Å²) in [6.07, 6.45) is 0.530. The number of aromatic nitrogens is 2. The summed E-state index contributed by atoms with van der Waals surface area (Å²) in [6, 6.07) is 17.6. The number of nitrogen functional groups attached to an aromatic ring is 1. The number of para-hydroxylation sites is 1. The Kier molecular flexibility index (Phi) is 5.91. The Bertz CT molecular complexity index is 1070. The number of hydrogen-bond acceptors (Lipinski definition) is 5. The Balaban J connectivity index is 1.54. The molecule has 0 aliphatic carbocycles. The fraction of sp³-hybridized carbons (Fsp3) is 0.150. The number of carbonyl (C=O) groups excluding carboxylic acids is 1. The summed E-state index contributed by atoms with van der Waals surface area (Å²) >= 11 is 0. The monoisotopic (exact) mass is 380 g/mol. The van der Waals surface area contributed by atoms with Crippen LogP contribution in [0.2, 0.25) is 0 Å². The molecule has 1 amide bonds. The van der Waals surface area contributed by atoms with E-state index in [1.807, 2.05) is 59.6 Å². The minimum Gasteiger partial charge on any atom is -0.493 e. The molecule has 0 saturated heterocycles. The molecule has 0 radical (unpaired) electrons. The highest BCUT2D eigenvalue weighted by molar-refractivity contribution is 5.96. The third-order valence-corrected chi connectivity index (χ3v) is 4.04. The van der Waals surface area contributed by atoms with Gasteiger partial charge in [0, 0.05) is 12.1 Å². The van der Waals surface area contributed by atoms with Gasteiger partial charge in [-0.15, -0.1) is 0 Å². The summed E-state index contributed by atoms with van der Waals surface area (Å²) in [7, 11) is 0. The van der Waals surface area contributed by atoms with Gasteiger partial charge in [0.25, 0.3) is 11.5 Å². The Morgan fingerprint density at radius 3 is 2.50 bits per heavy atom. The highest BCUT2D eigenvalue weighted by Gasteiger charge is 2.13. The van der Waals surface area contributed by atoms with Crippen molar-refractivity contribution in [1.29, 1.82) is 0 Å². The van der Waals surface area contributed by atoms with E-state index in [0.29, 0.717) is 19.6 Å². The number of nitrogens with one attached hydrogen (secondary N) is 3. The first kappa shape index (κ1) is 19.0. The van der Waals surface area contributed by atoms with Crippen LogP contribution in [0, 0.1) is 0 Å². The average molecular weight is 380 g/mol. The molecule has 0 fully saturated rings. The zero-order chi connectivity index (χ0) is 19.9. The number of benzene rings is 2. The SMILES string of the molecule is Nc1c(C(=O)NCCCOc2ccccc2-c2ccccc2)[nH]c(=O)[nH]c1=O. The van der Waals surface area contributed by atoms with Gasteiger partial charge in [0.15, 0.2) is 0 Å². The number of nitrogens with two attached hydrogens (primary N) is 1. The molecule has 3 aromatic rings. The normalized spacial score (nSPS) is 10.4. The van der Waals surface area contributed by atoms with Crippen LogP contribution in [-0.2, 0) is 0 Å². The third kappa shape index (κ3) is 4.47. The highest BCUT2D eigenvalue weighted by atomic mass is 16.5. The first-order valence-corrected chi connectivity index (χ1v) is 8.74. The lowest BCUT2D eigenvalue weighted by atomic mass is 10.1. The summed E-state index contributed by atoms with van der Waals surface area (Å²) in [5.74, 6) is 0.133. The summed E-state index contributed by atoms with van der Waals surface area (Å²) < 4.78 is 5.85. The van der Waals surface area contributed by atoms with Crippen LogP contribution < -0.4 is 27.0 Å². The second kappa shape index (κ2) is 8.72. The molecule has 0 aliphatic rings. The number of amides is 1. The van der Waals surface area contributed by atoms with Gasteiger partial charge in [0.2, 0.25) is 0 Å². The van der Waals surface area contributed by atoms with E-state index >= 15 is 0 Å². The van der Waals surface area contributed by atoms with Crippen LogP contribution in [0.3, 0.4) is 0 Å². The molecule has 3 rings (SSSR count). The molecule has 144 valence electrons. The van der Waals surface area contributed by atoms with Crippen molar-refractivity contribution in [3.8, 4) is 16.9 Å².